The monoisotopic (exact) mass is 430 g/mol. The SMILES string of the molecule is CC(C(=O)Nc1ccc(C#N)c(Cl)c1)N1CCN(C(=O)c2ccc(Cl)cc2)CC1. The molecule has 1 fully saturated rings. The van der Waals surface area contributed by atoms with E-state index in [1.807, 2.05) is 17.9 Å². The van der Waals surface area contributed by atoms with Crippen molar-refractivity contribution >= 4 is 40.7 Å². The van der Waals surface area contributed by atoms with E-state index in [1.54, 1.807) is 47.4 Å². The summed E-state index contributed by atoms with van der Waals surface area (Å²) in [4.78, 5) is 29.0. The highest BCUT2D eigenvalue weighted by molar-refractivity contribution is 6.32. The summed E-state index contributed by atoms with van der Waals surface area (Å²) in [6, 6.07) is 13.2. The van der Waals surface area contributed by atoms with E-state index in [0.717, 1.165) is 0 Å². The minimum Gasteiger partial charge on any atom is -0.336 e. The second kappa shape index (κ2) is 9.27. The number of halogens is 2. The van der Waals surface area contributed by atoms with Crippen molar-refractivity contribution in [3.05, 3.63) is 63.6 Å². The Kier molecular flexibility index (Phi) is 6.75. The molecule has 1 saturated heterocycles. The second-order valence-electron chi connectivity index (χ2n) is 6.81. The summed E-state index contributed by atoms with van der Waals surface area (Å²) in [6.07, 6.45) is 0. The van der Waals surface area contributed by atoms with Gasteiger partial charge in [0.05, 0.1) is 16.6 Å². The fraction of sp³-hybridized carbons (Fsp3) is 0.286. The van der Waals surface area contributed by atoms with Crippen molar-refractivity contribution in [1.82, 2.24) is 9.80 Å². The lowest BCUT2D eigenvalue weighted by atomic mass is 10.1. The molecule has 0 spiro atoms. The molecule has 8 heteroatoms. The van der Waals surface area contributed by atoms with Crippen LogP contribution in [0.15, 0.2) is 42.5 Å². The summed E-state index contributed by atoms with van der Waals surface area (Å²) in [5.41, 5.74) is 1.51. The largest absolute Gasteiger partial charge is 0.336 e. The van der Waals surface area contributed by atoms with Gasteiger partial charge in [0.25, 0.3) is 5.91 Å². The number of nitrogens with zero attached hydrogens (tertiary/aromatic N) is 3. The maximum absolute atomic E-state index is 12.6. The summed E-state index contributed by atoms with van der Waals surface area (Å²) in [6.45, 7) is 4.12. The van der Waals surface area contributed by atoms with Crippen molar-refractivity contribution in [1.29, 1.82) is 5.26 Å². The lowest BCUT2D eigenvalue weighted by Gasteiger charge is -2.37. The maximum atomic E-state index is 12.6. The molecule has 0 saturated carbocycles. The first kappa shape index (κ1) is 21.1. The highest BCUT2D eigenvalue weighted by Crippen LogP contribution is 2.21. The second-order valence-corrected chi connectivity index (χ2v) is 7.65. The topological polar surface area (TPSA) is 76.4 Å². The van der Waals surface area contributed by atoms with Crippen molar-refractivity contribution in [2.24, 2.45) is 0 Å². The van der Waals surface area contributed by atoms with Crippen LogP contribution in [0, 0.1) is 11.3 Å². The minimum atomic E-state index is -0.364. The van der Waals surface area contributed by atoms with Crippen LogP contribution < -0.4 is 5.32 Å². The molecule has 1 atom stereocenters. The van der Waals surface area contributed by atoms with Crippen molar-refractivity contribution in [3.8, 4) is 6.07 Å². The molecule has 2 aromatic carbocycles. The molecule has 1 heterocycles. The van der Waals surface area contributed by atoms with E-state index in [4.69, 9.17) is 28.5 Å². The molecule has 1 aliphatic heterocycles. The summed E-state index contributed by atoms with van der Waals surface area (Å²) >= 11 is 11.9. The van der Waals surface area contributed by atoms with E-state index in [2.05, 4.69) is 5.32 Å². The fourth-order valence-corrected chi connectivity index (χ4v) is 3.53. The smallest absolute Gasteiger partial charge is 0.253 e. The van der Waals surface area contributed by atoms with Crippen molar-refractivity contribution in [2.45, 2.75) is 13.0 Å². The van der Waals surface area contributed by atoms with E-state index in [1.165, 1.54) is 0 Å². The predicted octanol–water partition coefficient (Wildman–Crippen LogP) is 3.65. The number of nitriles is 1. The number of benzene rings is 2. The normalized spacial score (nSPS) is 15.4. The zero-order chi connectivity index (χ0) is 21.0. The van der Waals surface area contributed by atoms with Gasteiger partial charge in [-0.25, -0.2) is 0 Å². The molecule has 1 aliphatic rings. The average Bonchev–Trinajstić information content (AvgIpc) is 2.73. The highest BCUT2D eigenvalue weighted by Gasteiger charge is 2.28. The van der Waals surface area contributed by atoms with E-state index in [0.29, 0.717) is 53.0 Å². The van der Waals surface area contributed by atoms with Gasteiger partial charge < -0.3 is 10.2 Å². The minimum absolute atomic E-state index is 0.0364. The summed E-state index contributed by atoms with van der Waals surface area (Å²) in [7, 11) is 0. The standard InChI is InChI=1S/C21H20Cl2N4O2/c1-14(20(28)25-18-7-4-16(13-24)19(23)12-18)26-8-10-27(11-9-26)21(29)15-2-5-17(22)6-3-15/h2-7,12,14H,8-11H2,1H3,(H,25,28). The lowest BCUT2D eigenvalue weighted by Crippen LogP contribution is -2.54. The zero-order valence-corrected chi connectivity index (χ0v) is 17.4. The van der Waals surface area contributed by atoms with Crippen molar-refractivity contribution in [2.75, 3.05) is 31.5 Å². The first-order valence-corrected chi connectivity index (χ1v) is 9.94. The van der Waals surface area contributed by atoms with E-state index >= 15 is 0 Å². The van der Waals surface area contributed by atoms with Crippen LogP contribution in [0.25, 0.3) is 0 Å². The van der Waals surface area contributed by atoms with Crippen LogP contribution in [0.4, 0.5) is 5.69 Å². The van der Waals surface area contributed by atoms with Gasteiger partial charge in [-0.05, 0) is 49.4 Å². The van der Waals surface area contributed by atoms with Gasteiger partial charge in [0.2, 0.25) is 5.91 Å². The third kappa shape index (κ3) is 5.07. The third-order valence-electron chi connectivity index (χ3n) is 4.98. The number of carbonyl (C=O) groups is 2. The molecule has 3 rings (SSSR count). The molecule has 2 aromatic rings. The summed E-state index contributed by atoms with van der Waals surface area (Å²) < 4.78 is 0. The molecule has 0 aromatic heterocycles. The van der Waals surface area contributed by atoms with Crippen LogP contribution in [0.1, 0.15) is 22.8 Å². The van der Waals surface area contributed by atoms with Crippen molar-refractivity contribution in [3.63, 3.8) is 0 Å². The van der Waals surface area contributed by atoms with Crippen LogP contribution in [-0.4, -0.2) is 53.8 Å². The maximum Gasteiger partial charge on any atom is 0.253 e. The average molecular weight is 431 g/mol. The number of carbonyl (C=O) groups excluding carboxylic acids is 2. The van der Waals surface area contributed by atoms with E-state index in [-0.39, 0.29) is 17.9 Å². The quantitative estimate of drug-likeness (QED) is 0.802. The lowest BCUT2D eigenvalue weighted by molar-refractivity contribution is -0.121. The number of hydrogen-bond acceptors (Lipinski definition) is 4. The Morgan fingerprint density at radius 3 is 2.31 bits per heavy atom. The van der Waals surface area contributed by atoms with E-state index < -0.39 is 0 Å². The predicted molar refractivity (Wildman–Crippen MR) is 113 cm³/mol. The number of nitrogens with one attached hydrogen (secondary N) is 1. The van der Waals surface area contributed by atoms with Gasteiger partial charge in [-0.3, -0.25) is 14.5 Å². The van der Waals surface area contributed by atoms with Gasteiger partial charge in [0, 0.05) is 42.5 Å². The molecule has 150 valence electrons. The van der Waals surface area contributed by atoms with E-state index in [9.17, 15) is 9.59 Å². The Bertz CT molecular complexity index is 948. The fourth-order valence-electron chi connectivity index (χ4n) is 3.18. The Morgan fingerprint density at radius 2 is 1.72 bits per heavy atom. The number of piperazine rings is 1. The van der Waals surface area contributed by atoms with Crippen LogP contribution in [0.5, 0.6) is 0 Å². The molecule has 2 amide bonds. The Hall–Kier alpha value is -2.59. The van der Waals surface area contributed by atoms with Crippen LogP contribution in [-0.2, 0) is 4.79 Å². The summed E-state index contributed by atoms with van der Waals surface area (Å²) in [5.74, 6) is -0.200. The summed E-state index contributed by atoms with van der Waals surface area (Å²) in [5, 5.41) is 12.7. The number of rotatable bonds is 4. The highest BCUT2D eigenvalue weighted by atomic mass is 35.5. The molecule has 1 N–H and O–H groups in total. The number of anilines is 1. The molecule has 0 radical (unpaired) electrons. The van der Waals surface area contributed by atoms with Crippen LogP contribution in [0.3, 0.4) is 0 Å². The van der Waals surface area contributed by atoms with Gasteiger partial charge in [-0.2, -0.15) is 5.26 Å². The molecule has 6 nitrogen and oxygen atoms in total. The molecular weight excluding hydrogens is 411 g/mol. The van der Waals surface area contributed by atoms with Gasteiger partial charge in [-0.15, -0.1) is 0 Å². The molecular formula is C21H20Cl2N4O2. The first-order valence-electron chi connectivity index (χ1n) is 9.18. The molecule has 0 aliphatic carbocycles. The number of hydrogen-bond donors (Lipinski definition) is 1. The van der Waals surface area contributed by atoms with Crippen LogP contribution in [0.2, 0.25) is 10.0 Å². The van der Waals surface area contributed by atoms with Gasteiger partial charge in [0.15, 0.2) is 0 Å². The molecule has 1 unspecified atom stereocenters. The number of amides is 2. The Labute approximate surface area is 179 Å². The third-order valence-corrected chi connectivity index (χ3v) is 5.54. The first-order chi connectivity index (χ1) is 13.9. The van der Waals surface area contributed by atoms with Crippen LogP contribution >= 0.6 is 23.2 Å². The Balaban J connectivity index is 1.55. The zero-order valence-electron chi connectivity index (χ0n) is 15.9. The Morgan fingerprint density at radius 1 is 1.07 bits per heavy atom. The van der Waals surface area contributed by atoms with Crippen molar-refractivity contribution < 1.29 is 9.59 Å². The van der Waals surface area contributed by atoms with Gasteiger partial charge in [0.1, 0.15) is 6.07 Å². The van der Waals surface area contributed by atoms with Gasteiger partial charge in [-0.1, -0.05) is 23.2 Å². The molecule has 29 heavy (non-hydrogen) atoms. The van der Waals surface area contributed by atoms with Gasteiger partial charge >= 0.3 is 0 Å². The molecule has 0 bridgehead atoms.